The summed E-state index contributed by atoms with van der Waals surface area (Å²) in [6.45, 7) is 4.89. The lowest BCUT2D eigenvalue weighted by Crippen LogP contribution is -2.50. The highest BCUT2D eigenvalue weighted by Crippen LogP contribution is 2.28. The minimum Gasteiger partial charge on any atom is -0.442 e. The molecule has 3 N–H and O–H groups in total. The van der Waals surface area contributed by atoms with Crippen molar-refractivity contribution < 1.29 is 18.7 Å². The van der Waals surface area contributed by atoms with E-state index in [1.807, 2.05) is 9.80 Å². The van der Waals surface area contributed by atoms with Crippen molar-refractivity contribution in [2.24, 2.45) is 5.73 Å². The maximum absolute atomic E-state index is 14.8. The highest BCUT2D eigenvalue weighted by atomic mass is 35.5. The van der Waals surface area contributed by atoms with Gasteiger partial charge in [-0.05, 0) is 18.2 Å². The molecule has 29 heavy (non-hydrogen) atoms. The van der Waals surface area contributed by atoms with E-state index in [1.165, 1.54) is 17.9 Å². The van der Waals surface area contributed by atoms with Crippen molar-refractivity contribution in [3.8, 4) is 0 Å². The zero-order chi connectivity index (χ0) is 20.3. The summed E-state index contributed by atoms with van der Waals surface area (Å²) >= 11 is 5.22. The topological polar surface area (TPSA) is 91.1 Å². The molecule has 0 spiro atoms. The summed E-state index contributed by atoms with van der Waals surface area (Å²) in [6, 6.07) is 4.72. The molecule has 2 amide bonds. The van der Waals surface area contributed by atoms with E-state index in [4.69, 9.17) is 22.7 Å². The maximum Gasteiger partial charge on any atom is 0.414 e. The Hall–Kier alpha value is -2.17. The van der Waals surface area contributed by atoms with Crippen molar-refractivity contribution in [3.05, 3.63) is 24.0 Å². The molecule has 0 radical (unpaired) electrons. The average molecular weight is 446 g/mol. The van der Waals surface area contributed by atoms with Crippen LogP contribution in [0.5, 0.6) is 0 Å². The number of thiocarbonyl (C=S) groups is 1. The average Bonchev–Trinajstić information content (AvgIpc) is 3.06. The number of ether oxygens (including phenoxy) is 1. The molecule has 2 fully saturated rings. The Kier molecular flexibility index (Phi) is 8.00. The van der Waals surface area contributed by atoms with Crippen molar-refractivity contribution in [2.75, 3.05) is 55.6 Å². The van der Waals surface area contributed by atoms with Crippen molar-refractivity contribution in [1.29, 1.82) is 0 Å². The number of cyclic esters (lactones) is 1. The van der Waals surface area contributed by atoms with Crippen LogP contribution in [0.15, 0.2) is 18.2 Å². The first-order valence-electron chi connectivity index (χ1n) is 9.14. The van der Waals surface area contributed by atoms with Gasteiger partial charge in [0, 0.05) is 39.6 Å². The molecule has 0 bridgehead atoms. The lowest BCUT2D eigenvalue weighted by molar-refractivity contribution is -0.119. The van der Waals surface area contributed by atoms with Gasteiger partial charge in [-0.15, -0.1) is 12.4 Å². The molecule has 0 aromatic heterocycles. The molecule has 11 heteroatoms. The monoisotopic (exact) mass is 445 g/mol. The Morgan fingerprint density at radius 2 is 2.03 bits per heavy atom. The molecular weight excluding hydrogens is 421 g/mol. The molecule has 1 aromatic rings. The number of hydrogen-bond donors (Lipinski definition) is 2. The second-order valence-electron chi connectivity index (χ2n) is 6.76. The molecule has 0 saturated carbocycles. The third kappa shape index (κ3) is 5.46. The normalized spacial score (nSPS) is 18.9. The number of amides is 2. The van der Waals surface area contributed by atoms with Gasteiger partial charge in [-0.2, -0.15) is 0 Å². The summed E-state index contributed by atoms with van der Waals surface area (Å²) < 4.78 is 20.0. The molecule has 2 aliphatic rings. The van der Waals surface area contributed by atoms with Crippen molar-refractivity contribution in [1.82, 2.24) is 10.2 Å². The lowest BCUT2D eigenvalue weighted by Gasteiger charge is -2.37. The van der Waals surface area contributed by atoms with Gasteiger partial charge in [0.15, 0.2) is 0 Å². The predicted molar refractivity (Wildman–Crippen MR) is 115 cm³/mol. The van der Waals surface area contributed by atoms with E-state index in [9.17, 15) is 14.0 Å². The molecule has 0 aliphatic carbocycles. The van der Waals surface area contributed by atoms with Crippen LogP contribution in [0.3, 0.4) is 0 Å². The van der Waals surface area contributed by atoms with Gasteiger partial charge < -0.3 is 25.6 Å². The Morgan fingerprint density at radius 1 is 1.34 bits per heavy atom. The van der Waals surface area contributed by atoms with E-state index in [0.717, 1.165) is 4.99 Å². The number of nitrogens with two attached hydrogens (primary N) is 1. The third-order valence-electron chi connectivity index (χ3n) is 4.84. The zero-order valence-corrected chi connectivity index (χ0v) is 17.7. The standard InChI is InChI=1S/C18H24FN5O3S.ClH/c1-12(25)21-10-14-11-24(18(26)27-14)13-2-3-16(15(19)8-13)22-4-6-23(7-5-22)17(28)9-20;/h2-3,8,14H,4-7,9-11,20H2,1H3,(H,21,25);1H/t14-;/m0./s1. The number of piperazine rings is 1. The fraction of sp³-hybridized carbons (Fsp3) is 0.500. The fourth-order valence-corrected chi connectivity index (χ4v) is 3.52. The predicted octanol–water partition coefficient (Wildman–Crippen LogP) is 1.12. The van der Waals surface area contributed by atoms with Crippen molar-refractivity contribution >= 4 is 53.0 Å². The van der Waals surface area contributed by atoms with Gasteiger partial charge in [-0.3, -0.25) is 9.69 Å². The van der Waals surface area contributed by atoms with Gasteiger partial charge in [0.05, 0.1) is 29.5 Å². The van der Waals surface area contributed by atoms with Gasteiger partial charge in [0.1, 0.15) is 11.9 Å². The molecular formula is C18H25ClFN5O3S. The van der Waals surface area contributed by atoms with Gasteiger partial charge in [-0.25, -0.2) is 9.18 Å². The van der Waals surface area contributed by atoms with Crippen LogP contribution in [0.4, 0.5) is 20.6 Å². The second-order valence-corrected chi connectivity index (χ2v) is 7.23. The zero-order valence-electron chi connectivity index (χ0n) is 16.1. The van der Waals surface area contributed by atoms with Crippen LogP contribution in [0.1, 0.15) is 6.92 Å². The van der Waals surface area contributed by atoms with Crippen molar-refractivity contribution in [2.45, 2.75) is 13.0 Å². The lowest BCUT2D eigenvalue weighted by atomic mass is 10.2. The molecule has 1 atom stereocenters. The number of anilines is 2. The highest BCUT2D eigenvalue weighted by Gasteiger charge is 2.33. The van der Waals surface area contributed by atoms with Crippen LogP contribution >= 0.6 is 24.6 Å². The quantitative estimate of drug-likeness (QED) is 0.656. The first-order chi connectivity index (χ1) is 13.4. The van der Waals surface area contributed by atoms with Crippen LogP contribution in [0.2, 0.25) is 0 Å². The van der Waals surface area contributed by atoms with E-state index >= 15 is 0 Å². The molecule has 1 aromatic carbocycles. The van der Waals surface area contributed by atoms with E-state index < -0.39 is 18.0 Å². The first-order valence-corrected chi connectivity index (χ1v) is 9.54. The smallest absolute Gasteiger partial charge is 0.414 e. The number of nitrogens with zero attached hydrogens (tertiary/aromatic N) is 3. The summed E-state index contributed by atoms with van der Waals surface area (Å²) in [5.74, 6) is -0.595. The highest BCUT2D eigenvalue weighted by molar-refractivity contribution is 7.80. The molecule has 2 heterocycles. The molecule has 160 valence electrons. The van der Waals surface area contributed by atoms with Gasteiger partial charge >= 0.3 is 6.09 Å². The van der Waals surface area contributed by atoms with E-state index in [-0.39, 0.29) is 31.4 Å². The van der Waals surface area contributed by atoms with Gasteiger partial charge in [0.25, 0.3) is 0 Å². The molecule has 2 aliphatic heterocycles. The largest absolute Gasteiger partial charge is 0.442 e. The minimum atomic E-state index is -0.550. The molecule has 0 unspecified atom stereocenters. The van der Waals surface area contributed by atoms with Crippen LogP contribution < -0.4 is 20.9 Å². The SMILES string of the molecule is CC(=O)NC[C@H]1CN(c2ccc(N3CCN(C(=S)CN)CC3)c(F)c2)C(=O)O1.Cl. The number of carbonyl (C=O) groups excluding carboxylic acids is 2. The second kappa shape index (κ2) is 10.0. The van der Waals surface area contributed by atoms with E-state index in [2.05, 4.69) is 5.32 Å². The van der Waals surface area contributed by atoms with Crippen molar-refractivity contribution in [3.63, 3.8) is 0 Å². The Balaban J connectivity index is 0.00000300. The van der Waals surface area contributed by atoms with E-state index in [0.29, 0.717) is 44.1 Å². The maximum atomic E-state index is 14.8. The third-order valence-corrected chi connectivity index (χ3v) is 5.27. The number of rotatable bonds is 5. The summed E-state index contributed by atoms with van der Waals surface area (Å²) in [5.41, 5.74) is 6.50. The van der Waals surface area contributed by atoms with Gasteiger partial charge in [-0.1, -0.05) is 12.2 Å². The van der Waals surface area contributed by atoms with Crippen LogP contribution in [-0.2, 0) is 9.53 Å². The van der Waals surface area contributed by atoms with Gasteiger partial charge in [0.2, 0.25) is 5.91 Å². The molecule has 8 nitrogen and oxygen atoms in total. The summed E-state index contributed by atoms with van der Waals surface area (Å²) in [5, 5.41) is 2.61. The minimum absolute atomic E-state index is 0. The van der Waals surface area contributed by atoms with E-state index in [1.54, 1.807) is 12.1 Å². The number of hydrogen-bond acceptors (Lipinski definition) is 6. The number of halogens is 2. The number of benzene rings is 1. The Labute approximate surface area is 180 Å². The summed E-state index contributed by atoms with van der Waals surface area (Å²) in [6.07, 6.45) is -1.01. The Bertz CT molecular complexity index is 776. The molecule has 3 rings (SSSR count). The summed E-state index contributed by atoms with van der Waals surface area (Å²) in [4.78, 5) is 29.2. The number of nitrogens with one attached hydrogen (secondary N) is 1. The summed E-state index contributed by atoms with van der Waals surface area (Å²) in [7, 11) is 0. The molecule has 2 saturated heterocycles. The fourth-order valence-electron chi connectivity index (χ4n) is 3.34. The Morgan fingerprint density at radius 3 is 2.62 bits per heavy atom. The van der Waals surface area contributed by atoms with Crippen LogP contribution in [0.25, 0.3) is 0 Å². The van der Waals surface area contributed by atoms with Crippen LogP contribution in [0, 0.1) is 5.82 Å². The number of carbonyl (C=O) groups is 2. The van der Waals surface area contributed by atoms with Crippen LogP contribution in [-0.4, -0.2) is 73.8 Å². The first kappa shape index (κ1) is 23.1.